The van der Waals surface area contributed by atoms with Gasteiger partial charge in [-0.15, -0.1) is 0 Å². The third-order valence-corrected chi connectivity index (χ3v) is 16.2. The molecule has 5 heterocycles. The standard InChI is InChI=1S/C58H79N11O8/c1-35(2)67(38-28-36(29-38)19-24-47-65-41-22-20-37(58(3,4)5)30-43(41)66-47)32-46-51(73)52(74)57(77-46)68-34-64-50-53(62-33-63-54(50)68)61-27-14-13-26-60-48(72)18-11-9-7-6-8-10-12-25-59-42-17-15-16-40-49(42)56(76)69(55(40)75)44-23-21-39(70)31-45(44)71/h15-17,20,22,30,33-36,38,44,46,51-52,57,59,73-74H,6-14,18-19,21,23-29,31-32H2,1-5H3,(H,60,72)(H,65,66)(H,61,62,63)/t36?,38?,44?,46-,51?,52+,57-/m1/s1. The second-order valence-corrected chi connectivity index (χ2v) is 23.2. The highest BCUT2D eigenvalue weighted by Crippen LogP contribution is 2.39. The number of carbonyl (C=O) groups excluding carboxylic acids is 5. The molecule has 3 fully saturated rings. The number of aromatic nitrogens is 6. The van der Waals surface area contributed by atoms with Crippen LogP contribution >= 0.6 is 0 Å². The fraction of sp³-hybridized carbons (Fsp3) is 0.603. The number of hydrogen-bond donors (Lipinski definition) is 6. The molecule has 2 saturated carbocycles. The average molecular weight is 1060 g/mol. The van der Waals surface area contributed by atoms with Crippen molar-refractivity contribution in [1.29, 1.82) is 0 Å². The number of anilines is 2. The van der Waals surface area contributed by atoms with Crippen LogP contribution < -0.4 is 16.0 Å². The Bertz CT molecular complexity index is 2900. The zero-order valence-electron chi connectivity index (χ0n) is 45.6. The summed E-state index contributed by atoms with van der Waals surface area (Å²) in [4.78, 5) is 88.7. The van der Waals surface area contributed by atoms with Gasteiger partial charge in [-0.2, -0.15) is 0 Å². The lowest BCUT2D eigenvalue weighted by molar-refractivity contribution is -0.132. The number of carbonyl (C=O) groups is 5. The molecule has 4 aliphatic rings. The average Bonchev–Trinajstić information content (AvgIpc) is 4.20. The van der Waals surface area contributed by atoms with Gasteiger partial charge >= 0.3 is 0 Å². The highest BCUT2D eigenvalue weighted by Gasteiger charge is 2.48. The minimum absolute atomic E-state index is 0.0568. The van der Waals surface area contributed by atoms with Crippen molar-refractivity contribution in [3.8, 4) is 0 Å². The van der Waals surface area contributed by atoms with Crippen LogP contribution in [0, 0.1) is 5.92 Å². The lowest BCUT2D eigenvalue weighted by Crippen LogP contribution is -2.52. The topological polar surface area (TPSA) is 250 Å². The number of aliphatic hydroxyl groups excluding tert-OH is 2. The Balaban J connectivity index is 0.624. The number of Topliss-reactive ketones (excluding diaryl/α,β-unsaturated/α-hetero) is 2. The van der Waals surface area contributed by atoms with Crippen molar-refractivity contribution in [1.82, 2.24) is 44.6 Å². The molecule has 6 N–H and O–H groups in total. The summed E-state index contributed by atoms with van der Waals surface area (Å²) in [7, 11) is 0. The van der Waals surface area contributed by atoms with E-state index in [2.05, 4.69) is 93.6 Å². The smallest absolute Gasteiger partial charge is 0.264 e. The van der Waals surface area contributed by atoms with Gasteiger partial charge in [0.05, 0.1) is 41.0 Å². The van der Waals surface area contributed by atoms with Gasteiger partial charge in [-0.05, 0) is 106 Å². The molecule has 2 unspecified atom stereocenters. The van der Waals surface area contributed by atoms with E-state index >= 15 is 0 Å². The Kier molecular flexibility index (Phi) is 17.8. The van der Waals surface area contributed by atoms with E-state index in [1.165, 1.54) is 11.9 Å². The van der Waals surface area contributed by atoms with E-state index in [0.717, 1.165) is 105 Å². The van der Waals surface area contributed by atoms with E-state index in [-0.39, 0.29) is 53.8 Å². The van der Waals surface area contributed by atoms with E-state index < -0.39 is 42.4 Å². The second-order valence-electron chi connectivity index (χ2n) is 23.2. The monoisotopic (exact) mass is 1060 g/mol. The molecule has 5 aromatic rings. The summed E-state index contributed by atoms with van der Waals surface area (Å²) >= 11 is 0. The van der Waals surface area contributed by atoms with Crippen LogP contribution in [0.15, 0.2) is 49.1 Å². The first-order valence-corrected chi connectivity index (χ1v) is 28.3. The number of benzene rings is 2. The number of ether oxygens (including phenoxy) is 1. The van der Waals surface area contributed by atoms with Crippen molar-refractivity contribution < 1.29 is 38.9 Å². The van der Waals surface area contributed by atoms with Crippen LogP contribution in [0.25, 0.3) is 22.2 Å². The van der Waals surface area contributed by atoms with Crippen molar-refractivity contribution in [2.24, 2.45) is 5.92 Å². The molecule has 77 heavy (non-hydrogen) atoms. The fourth-order valence-corrected chi connectivity index (χ4v) is 11.6. The molecule has 19 nitrogen and oxygen atoms in total. The molecule has 9 rings (SSSR count). The number of imidazole rings is 2. The van der Waals surface area contributed by atoms with Crippen molar-refractivity contribution in [3.63, 3.8) is 0 Å². The third kappa shape index (κ3) is 12.9. The van der Waals surface area contributed by atoms with Crippen LogP contribution in [0.2, 0.25) is 0 Å². The maximum Gasteiger partial charge on any atom is 0.264 e. The number of unbranched alkanes of at least 4 members (excludes halogenated alkanes) is 7. The van der Waals surface area contributed by atoms with Crippen molar-refractivity contribution >= 4 is 63.0 Å². The van der Waals surface area contributed by atoms with Crippen molar-refractivity contribution in [2.75, 3.05) is 36.8 Å². The maximum atomic E-state index is 13.4. The van der Waals surface area contributed by atoms with Gasteiger partial charge < -0.3 is 35.9 Å². The summed E-state index contributed by atoms with van der Waals surface area (Å²) < 4.78 is 8.13. The molecule has 2 aromatic carbocycles. The Morgan fingerprint density at radius 2 is 1.62 bits per heavy atom. The largest absolute Gasteiger partial charge is 0.387 e. The number of amides is 3. The lowest BCUT2D eigenvalue weighted by atomic mass is 9.76. The number of rotatable bonds is 26. The molecular formula is C58H79N11O8. The number of ketones is 2. The van der Waals surface area contributed by atoms with Gasteiger partial charge in [0.1, 0.15) is 36.2 Å². The van der Waals surface area contributed by atoms with Gasteiger partial charge in [-0.3, -0.25) is 38.3 Å². The molecule has 0 spiro atoms. The predicted octanol–water partition coefficient (Wildman–Crippen LogP) is 7.57. The van der Waals surface area contributed by atoms with Crippen molar-refractivity contribution in [2.45, 2.75) is 192 Å². The Hall–Kier alpha value is -6.15. The molecule has 2 aliphatic carbocycles. The number of nitrogens with one attached hydrogen (secondary N) is 4. The normalized spacial score (nSPS) is 22.7. The zero-order chi connectivity index (χ0) is 54.4. The van der Waals surface area contributed by atoms with E-state index in [0.29, 0.717) is 72.8 Å². The van der Waals surface area contributed by atoms with E-state index in [1.54, 1.807) is 29.1 Å². The van der Waals surface area contributed by atoms with Crippen LogP contribution in [-0.4, -0.2) is 141 Å². The molecule has 0 bridgehead atoms. The van der Waals surface area contributed by atoms with Gasteiger partial charge in [-0.25, -0.2) is 19.9 Å². The third-order valence-electron chi connectivity index (χ3n) is 16.2. The summed E-state index contributed by atoms with van der Waals surface area (Å²) in [5.74, 6) is 0.764. The van der Waals surface area contributed by atoms with Crippen LogP contribution in [0.5, 0.6) is 0 Å². The summed E-state index contributed by atoms with van der Waals surface area (Å²) in [6.07, 6.45) is 12.5. The summed E-state index contributed by atoms with van der Waals surface area (Å²) in [5, 5.41) is 32.4. The number of nitrogens with zero attached hydrogens (tertiary/aromatic N) is 7. The van der Waals surface area contributed by atoms with Gasteiger partial charge in [0.15, 0.2) is 29.0 Å². The summed E-state index contributed by atoms with van der Waals surface area (Å²) in [6, 6.07) is 11.4. The second kappa shape index (κ2) is 24.7. The molecule has 0 radical (unpaired) electrons. The van der Waals surface area contributed by atoms with Gasteiger partial charge in [-0.1, -0.05) is 65.0 Å². The number of aryl methyl sites for hydroxylation is 1. The lowest BCUT2D eigenvalue weighted by Gasteiger charge is -2.46. The highest BCUT2D eigenvalue weighted by molar-refractivity contribution is 6.25. The number of H-pyrrole nitrogens is 1. The molecule has 3 aromatic heterocycles. The van der Waals surface area contributed by atoms with Crippen LogP contribution in [-0.2, 0) is 31.0 Å². The molecule has 5 atom stereocenters. The van der Waals surface area contributed by atoms with E-state index in [4.69, 9.17) is 9.72 Å². The number of aromatic amines is 1. The van der Waals surface area contributed by atoms with Gasteiger partial charge in [0.25, 0.3) is 11.8 Å². The van der Waals surface area contributed by atoms with Crippen LogP contribution in [0.3, 0.4) is 0 Å². The molecule has 1 saturated heterocycles. The minimum Gasteiger partial charge on any atom is -0.387 e. The maximum absolute atomic E-state index is 13.4. The Morgan fingerprint density at radius 3 is 2.39 bits per heavy atom. The van der Waals surface area contributed by atoms with E-state index in [1.807, 2.05) is 0 Å². The first-order chi connectivity index (χ1) is 37.0. The molecule has 2 aliphatic heterocycles. The fourth-order valence-electron chi connectivity index (χ4n) is 11.6. The number of hydrogen-bond acceptors (Lipinski definition) is 15. The van der Waals surface area contributed by atoms with Gasteiger partial charge in [0, 0.05) is 63.2 Å². The first kappa shape index (κ1) is 55.6. The van der Waals surface area contributed by atoms with Crippen molar-refractivity contribution in [3.05, 3.63) is 71.6 Å². The van der Waals surface area contributed by atoms with Crippen LogP contribution in [0.4, 0.5) is 11.5 Å². The van der Waals surface area contributed by atoms with Gasteiger partial charge in [0.2, 0.25) is 5.91 Å². The number of imide groups is 1. The molecule has 3 amide bonds. The van der Waals surface area contributed by atoms with Crippen LogP contribution in [0.1, 0.15) is 176 Å². The quantitative estimate of drug-likeness (QED) is 0.0178. The van der Waals surface area contributed by atoms with E-state index in [9.17, 15) is 34.2 Å². The molecule has 414 valence electrons. The minimum atomic E-state index is -1.17. The Labute approximate surface area is 451 Å². The number of fused-ring (bicyclic) bond motifs is 3. The highest BCUT2D eigenvalue weighted by atomic mass is 16.6. The summed E-state index contributed by atoms with van der Waals surface area (Å²) in [6.45, 7) is 13.4. The first-order valence-electron chi connectivity index (χ1n) is 28.3. The summed E-state index contributed by atoms with van der Waals surface area (Å²) in [5.41, 5.74) is 5.70. The number of aliphatic hydroxyl groups is 2. The predicted molar refractivity (Wildman–Crippen MR) is 293 cm³/mol. The SMILES string of the molecule is CC(C)N(C[C@H]1O[C@@H](n2cnc3c(NCCCCNC(=O)CCCCCCCCCNc4cccc5c4C(=O)N(C4CCC(=O)CC4=O)C5=O)ncnc32)[C@@H](O)C1O)C1CC(CCc2nc3ccc(C(C)(C)C)cc3[nH]2)C1. The molecular weight excluding hydrogens is 979 g/mol. The zero-order valence-corrected chi connectivity index (χ0v) is 45.6. The Morgan fingerprint density at radius 1 is 0.883 bits per heavy atom. The molecule has 19 heteroatoms.